The predicted octanol–water partition coefficient (Wildman–Crippen LogP) is 3.21. The number of amides is 1. The van der Waals surface area contributed by atoms with E-state index in [1.54, 1.807) is 0 Å². The topological polar surface area (TPSA) is 66.5 Å². The number of halogens is 3. The van der Waals surface area contributed by atoms with E-state index < -0.39 is 27.7 Å². The van der Waals surface area contributed by atoms with Crippen LogP contribution in [0.15, 0.2) is 53.4 Å². The summed E-state index contributed by atoms with van der Waals surface area (Å²) < 4.78 is 62.8. The van der Waals surface area contributed by atoms with Crippen molar-refractivity contribution in [2.24, 2.45) is 0 Å². The van der Waals surface area contributed by atoms with Crippen LogP contribution in [0.2, 0.25) is 0 Å². The van der Waals surface area contributed by atoms with Crippen molar-refractivity contribution in [3.8, 4) is 0 Å². The second-order valence-electron chi connectivity index (χ2n) is 5.34. The van der Waals surface area contributed by atoms with E-state index in [-0.39, 0.29) is 16.1 Å². The van der Waals surface area contributed by atoms with E-state index in [1.165, 1.54) is 38.4 Å². The number of alkyl halides is 3. The highest BCUT2D eigenvalue weighted by molar-refractivity contribution is 7.89. The van der Waals surface area contributed by atoms with E-state index in [0.717, 1.165) is 28.6 Å². The molecular weight excluding hydrogens is 357 g/mol. The molecule has 9 heteroatoms. The number of carbonyl (C=O) groups excluding carboxylic acids is 1. The molecule has 2 aromatic rings. The van der Waals surface area contributed by atoms with Crippen molar-refractivity contribution in [1.29, 1.82) is 0 Å². The average Bonchev–Trinajstić information content (AvgIpc) is 2.54. The Hall–Kier alpha value is -2.39. The highest BCUT2D eigenvalue weighted by Crippen LogP contribution is 2.29. The number of hydrogen-bond donors (Lipinski definition) is 1. The second kappa shape index (κ2) is 6.85. The maximum absolute atomic E-state index is 12.5. The highest BCUT2D eigenvalue weighted by atomic mass is 32.2. The number of sulfonamides is 1. The quantitative estimate of drug-likeness (QED) is 0.896. The van der Waals surface area contributed by atoms with Crippen LogP contribution in [0.25, 0.3) is 0 Å². The van der Waals surface area contributed by atoms with Crippen molar-refractivity contribution in [3.05, 3.63) is 59.7 Å². The molecule has 0 saturated carbocycles. The molecule has 0 radical (unpaired) electrons. The molecule has 0 aliphatic rings. The molecule has 0 aliphatic carbocycles. The van der Waals surface area contributed by atoms with Crippen molar-refractivity contribution in [3.63, 3.8) is 0 Å². The van der Waals surface area contributed by atoms with Crippen LogP contribution >= 0.6 is 0 Å². The van der Waals surface area contributed by atoms with E-state index >= 15 is 0 Å². The van der Waals surface area contributed by atoms with E-state index in [4.69, 9.17) is 0 Å². The van der Waals surface area contributed by atoms with Gasteiger partial charge in [0.25, 0.3) is 5.91 Å². The maximum Gasteiger partial charge on any atom is 0.416 e. The summed E-state index contributed by atoms with van der Waals surface area (Å²) in [5, 5.41) is 2.46. The van der Waals surface area contributed by atoms with Crippen LogP contribution < -0.4 is 5.32 Å². The number of anilines is 1. The molecule has 0 unspecified atom stereocenters. The fourth-order valence-electron chi connectivity index (χ4n) is 1.96. The van der Waals surface area contributed by atoms with Gasteiger partial charge in [-0.2, -0.15) is 13.2 Å². The van der Waals surface area contributed by atoms with E-state index in [1.807, 2.05) is 0 Å². The molecule has 0 heterocycles. The van der Waals surface area contributed by atoms with Gasteiger partial charge in [0.1, 0.15) is 0 Å². The molecule has 1 N–H and O–H groups in total. The molecule has 0 spiro atoms. The van der Waals surface area contributed by atoms with E-state index in [9.17, 15) is 26.4 Å². The maximum atomic E-state index is 12.5. The minimum Gasteiger partial charge on any atom is -0.322 e. The molecule has 0 aliphatic heterocycles. The van der Waals surface area contributed by atoms with Crippen LogP contribution in [-0.2, 0) is 16.2 Å². The third kappa shape index (κ3) is 4.37. The summed E-state index contributed by atoms with van der Waals surface area (Å²) in [5.74, 6) is -0.645. The van der Waals surface area contributed by atoms with Gasteiger partial charge in [-0.25, -0.2) is 12.7 Å². The first-order valence-corrected chi connectivity index (χ1v) is 8.47. The van der Waals surface area contributed by atoms with Crippen molar-refractivity contribution in [1.82, 2.24) is 4.31 Å². The Kier molecular flexibility index (Phi) is 5.19. The smallest absolute Gasteiger partial charge is 0.322 e. The summed E-state index contributed by atoms with van der Waals surface area (Å²) in [4.78, 5) is 12.1. The monoisotopic (exact) mass is 372 g/mol. The van der Waals surface area contributed by atoms with Gasteiger partial charge in [0.15, 0.2) is 0 Å². The molecule has 25 heavy (non-hydrogen) atoms. The summed E-state index contributed by atoms with van der Waals surface area (Å²) in [7, 11) is -0.909. The first-order chi connectivity index (χ1) is 11.5. The van der Waals surface area contributed by atoms with Gasteiger partial charge in [-0.05, 0) is 42.5 Å². The minimum atomic E-state index is -4.48. The number of benzene rings is 2. The van der Waals surface area contributed by atoms with Crippen LogP contribution in [0.5, 0.6) is 0 Å². The summed E-state index contributed by atoms with van der Waals surface area (Å²) in [6.07, 6.45) is -4.48. The largest absolute Gasteiger partial charge is 0.416 e. The second-order valence-corrected chi connectivity index (χ2v) is 7.50. The normalized spacial score (nSPS) is 12.2. The third-order valence-electron chi connectivity index (χ3n) is 3.34. The molecule has 0 fully saturated rings. The number of nitrogens with one attached hydrogen (secondary N) is 1. The zero-order chi connectivity index (χ0) is 18.8. The predicted molar refractivity (Wildman–Crippen MR) is 86.7 cm³/mol. The summed E-state index contributed by atoms with van der Waals surface area (Å²) in [5.41, 5.74) is -0.621. The van der Waals surface area contributed by atoms with Crippen LogP contribution in [0, 0.1) is 0 Å². The molecule has 2 aromatic carbocycles. The molecule has 134 valence electrons. The van der Waals surface area contributed by atoms with Gasteiger partial charge in [-0.3, -0.25) is 4.79 Å². The fraction of sp³-hybridized carbons (Fsp3) is 0.188. The Morgan fingerprint density at radius 2 is 1.64 bits per heavy atom. The van der Waals surface area contributed by atoms with Crippen molar-refractivity contribution >= 4 is 21.6 Å². The highest BCUT2D eigenvalue weighted by Gasteiger charge is 2.30. The number of hydrogen-bond acceptors (Lipinski definition) is 3. The van der Waals surface area contributed by atoms with Gasteiger partial charge in [-0.15, -0.1) is 0 Å². The zero-order valence-corrected chi connectivity index (χ0v) is 14.1. The van der Waals surface area contributed by atoms with Gasteiger partial charge >= 0.3 is 6.18 Å². The Bertz CT molecular complexity index is 876. The van der Waals surface area contributed by atoms with Crippen LogP contribution in [0.1, 0.15) is 15.9 Å². The van der Waals surface area contributed by atoms with Gasteiger partial charge in [-0.1, -0.05) is 6.07 Å². The van der Waals surface area contributed by atoms with Crippen LogP contribution in [-0.4, -0.2) is 32.7 Å². The Labute approximate surface area is 143 Å². The average molecular weight is 372 g/mol. The van der Waals surface area contributed by atoms with E-state index in [0.29, 0.717) is 0 Å². The van der Waals surface area contributed by atoms with Gasteiger partial charge in [0, 0.05) is 25.3 Å². The summed E-state index contributed by atoms with van der Waals surface area (Å²) >= 11 is 0. The van der Waals surface area contributed by atoms with Gasteiger partial charge < -0.3 is 5.32 Å². The van der Waals surface area contributed by atoms with Crippen molar-refractivity contribution in [2.75, 3.05) is 19.4 Å². The number of rotatable bonds is 4. The minimum absolute atomic E-state index is 0.0114. The SMILES string of the molecule is CN(C)S(=O)(=O)c1cccc(NC(=O)c2ccc(C(F)(F)F)cc2)c1. The third-order valence-corrected chi connectivity index (χ3v) is 5.16. The van der Waals surface area contributed by atoms with Gasteiger partial charge in [0.05, 0.1) is 10.5 Å². The van der Waals surface area contributed by atoms with E-state index in [2.05, 4.69) is 5.32 Å². The number of carbonyl (C=O) groups is 1. The molecular formula is C16H15F3N2O3S. The Morgan fingerprint density at radius 1 is 1.04 bits per heavy atom. The lowest BCUT2D eigenvalue weighted by Crippen LogP contribution is -2.22. The molecule has 2 rings (SSSR count). The zero-order valence-electron chi connectivity index (χ0n) is 13.3. The standard InChI is InChI=1S/C16H15F3N2O3S/c1-21(2)25(23,24)14-5-3-4-13(10-14)20-15(22)11-6-8-12(9-7-11)16(17,18)19/h3-10H,1-2H3,(H,20,22). The molecule has 0 bridgehead atoms. The first kappa shape index (κ1) is 18.9. The number of nitrogens with zero attached hydrogens (tertiary/aromatic N) is 1. The molecule has 0 atom stereocenters. The first-order valence-electron chi connectivity index (χ1n) is 7.03. The molecule has 5 nitrogen and oxygen atoms in total. The molecule has 1 amide bonds. The Morgan fingerprint density at radius 3 is 2.16 bits per heavy atom. The molecule has 0 saturated heterocycles. The van der Waals surface area contributed by atoms with Gasteiger partial charge in [0.2, 0.25) is 10.0 Å². The van der Waals surface area contributed by atoms with Crippen LogP contribution in [0.3, 0.4) is 0 Å². The van der Waals surface area contributed by atoms with Crippen molar-refractivity contribution in [2.45, 2.75) is 11.1 Å². The lowest BCUT2D eigenvalue weighted by atomic mass is 10.1. The summed E-state index contributed by atoms with van der Waals surface area (Å²) in [6.45, 7) is 0. The van der Waals surface area contributed by atoms with Crippen molar-refractivity contribution < 1.29 is 26.4 Å². The van der Waals surface area contributed by atoms with Crippen LogP contribution in [0.4, 0.5) is 18.9 Å². The fourth-order valence-corrected chi connectivity index (χ4v) is 2.91. The molecule has 0 aromatic heterocycles. The summed E-state index contributed by atoms with van der Waals surface area (Å²) in [6, 6.07) is 9.32. The lowest BCUT2D eigenvalue weighted by Gasteiger charge is -2.13. The lowest BCUT2D eigenvalue weighted by molar-refractivity contribution is -0.137. The Balaban J connectivity index is 2.21.